The van der Waals surface area contributed by atoms with Crippen LogP contribution in [0, 0.1) is 5.82 Å². The van der Waals surface area contributed by atoms with Crippen molar-refractivity contribution < 1.29 is 9.18 Å². The predicted molar refractivity (Wildman–Crippen MR) is 82.8 cm³/mol. The quantitative estimate of drug-likeness (QED) is 0.815. The van der Waals surface area contributed by atoms with Gasteiger partial charge < -0.3 is 5.32 Å². The second-order valence-electron chi connectivity index (χ2n) is 4.29. The highest BCUT2D eigenvalue weighted by Gasteiger charge is 2.10. The van der Waals surface area contributed by atoms with Crippen molar-refractivity contribution in [3.05, 3.63) is 70.0 Å². The summed E-state index contributed by atoms with van der Waals surface area (Å²) in [4.78, 5) is 12.0. The maximum Gasteiger partial charge on any atom is 0.251 e. The van der Waals surface area contributed by atoms with Gasteiger partial charge in [-0.2, -0.15) is 0 Å². The summed E-state index contributed by atoms with van der Waals surface area (Å²) in [6.07, 6.45) is 1.76. The minimum absolute atomic E-state index is 0.158. The Labute approximate surface area is 125 Å². The Morgan fingerprint density at radius 1 is 1.15 bits per heavy atom. The van der Waals surface area contributed by atoms with E-state index >= 15 is 0 Å². The largest absolute Gasteiger partial charge is 0.320 e. The first-order valence-corrected chi connectivity index (χ1v) is 6.86. The van der Waals surface area contributed by atoms with Gasteiger partial charge in [0.2, 0.25) is 0 Å². The molecule has 2 aromatic rings. The molecule has 0 spiro atoms. The van der Waals surface area contributed by atoms with Crippen molar-refractivity contribution in [3.63, 3.8) is 0 Å². The lowest BCUT2D eigenvalue weighted by Gasteiger charge is -2.07. The first-order valence-electron chi connectivity index (χ1n) is 6.06. The van der Waals surface area contributed by atoms with Crippen molar-refractivity contribution in [2.24, 2.45) is 0 Å². The number of carbonyl (C=O) groups excluding carboxylic acids is 1. The smallest absolute Gasteiger partial charge is 0.251 e. The fourth-order valence-electron chi connectivity index (χ4n) is 1.69. The number of carbonyl (C=O) groups is 1. The molecule has 1 amide bonds. The molecule has 0 heterocycles. The Kier molecular flexibility index (Phi) is 4.69. The van der Waals surface area contributed by atoms with Crippen LogP contribution in [0.25, 0.3) is 6.08 Å². The van der Waals surface area contributed by atoms with Crippen molar-refractivity contribution >= 4 is 33.6 Å². The summed E-state index contributed by atoms with van der Waals surface area (Å²) in [6, 6.07) is 14.3. The highest BCUT2D eigenvalue weighted by molar-refractivity contribution is 9.10. The maximum absolute atomic E-state index is 13.8. The summed E-state index contributed by atoms with van der Waals surface area (Å²) in [5, 5.41) is 2.56. The number of rotatable bonds is 3. The molecule has 20 heavy (non-hydrogen) atoms. The molecule has 0 atom stereocenters. The number of amides is 1. The first-order chi connectivity index (χ1) is 9.58. The molecular formula is C16H13BrFNO. The Balaban J connectivity index is 2.16. The van der Waals surface area contributed by atoms with Gasteiger partial charge in [-0.25, -0.2) is 4.39 Å². The average Bonchev–Trinajstić information content (AvgIpc) is 2.45. The molecule has 0 saturated carbocycles. The van der Waals surface area contributed by atoms with Crippen LogP contribution in [0.15, 0.2) is 58.6 Å². The van der Waals surface area contributed by atoms with Crippen LogP contribution < -0.4 is 5.32 Å². The second kappa shape index (κ2) is 6.48. The Morgan fingerprint density at radius 3 is 2.55 bits per heavy atom. The lowest BCUT2D eigenvalue weighted by Crippen LogP contribution is -2.13. The monoisotopic (exact) mass is 333 g/mol. The summed E-state index contributed by atoms with van der Waals surface area (Å²) in [5.74, 6) is -0.806. The molecule has 2 aromatic carbocycles. The number of hydrogen-bond donors (Lipinski definition) is 1. The van der Waals surface area contributed by atoms with Gasteiger partial charge in [0.1, 0.15) is 0 Å². The lowest BCUT2D eigenvalue weighted by molar-refractivity contribution is -0.112. The Bertz CT molecular complexity index is 653. The second-order valence-corrected chi connectivity index (χ2v) is 5.15. The van der Waals surface area contributed by atoms with Crippen LogP contribution in [0.2, 0.25) is 0 Å². The molecule has 0 unspecified atom stereocenters. The normalized spacial score (nSPS) is 11.2. The van der Waals surface area contributed by atoms with Crippen LogP contribution in [0.4, 0.5) is 10.1 Å². The van der Waals surface area contributed by atoms with E-state index in [-0.39, 0.29) is 11.6 Å². The number of hydrogen-bond acceptors (Lipinski definition) is 1. The average molecular weight is 334 g/mol. The summed E-state index contributed by atoms with van der Waals surface area (Å²) >= 11 is 3.09. The van der Waals surface area contributed by atoms with Gasteiger partial charge in [-0.1, -0.05) is 36.4 Å². The molecule has 102 valence electrons. The van der Waals surface area contributed by atoms with Crippen molar-refractivity contribution in [1.29, 1.82) is 0 Å². The van der Waals surface area contributed by atoms with Gasteiger partial charge in [-0.05, 0) is 46.6 Å². The van der Waals surface area contributed by atoms with Gasteiger partial charge in [0.25, 0.3) is 5.91 Å². The van der Waals surface area contributed by atoms with Crippen LogP contribution in [-0.4, -0.2) is 5.91 Å². The third-order valence-corrected chi connectivity index (χ3v) is 3.35. The van der Waals surface area contributed by atoms with E-state index in [1.165, 1.54) is 6.07 Å². The van der Waals surface area contributed by atoms with Crippen molar-refractivity contribution in [2.45, 2.75) is 6.92 Å². The van der Waals surface area contributed by atoms with Crippen LogP contribution in [0.5, 0.6) is 0 Å². The van der Waals surface area contributed by atoms with Crippen LogP contribution in [0.1, 0.15) is 12.5 Å². The molecule has 2 rings (SSSR count). The van der Waals surface area contributed by atoms with Gasteiger partial charge >= 0.3 is 0 Å². The third kappa shape index (κ3) is 3.54. The standard InChI is InChI=1S/C16H13BrFNO/c1-11(10-12-6-3-2-4-7-12)16(20)19-14-9-5-8-13(17)15(14)18/h2-10H,1H3,(H,19,20). The van der Waals surface area contributed by atoms with E-state index in [2.05, 4.69) is 21.2 Å². The number of anilines is 1. The zero-order chi connectivity index (χ0) is 14.5. The molecule has 2 nitrogen and oxygen atoms in total. The highest BCUT2D eigenvalue weighted by Crippen LogP contribution is 2.23. The zero-order valence-electron chi connectivity index (χ0n) is 10.9. The van der Waals surface area contributed by atoms with Gasteiger partial charge in [0.05, 0.1) is 10.2 Å². The van der Waals surface area contributed by atoms with E-state index in [9.17, 15) is 9.18 Å². The highest BCUT2D eigenvalue weighted by atomic mass is 79.9. The minimum atomic E-state index is -0.478. The van der Waals surface area contributed by atoms with E-state index in [4.69, 9.17) is 0 Å². The molecule has 4 heteroatoms. The van der Waals surface area contributed by atoms with E-state index < -0.39 is 5.82 Å². The lowest BCUT2D eigenvalue weighted by atomic mass is 10.1. The van der Waals surface area contributed by atoms with Gasteiger partial charge in [-0.15, -0.1) is 0 Å². The molecule has 0 aliphatic carbocycles. The van der Waals surface area contributed by atoms with Gasteiger partial charge in [0, 0.05) is 5.57 Å². The molecule has 0 saturated heterocycles. The van der Waals surface area contributed by atoms with E-state index in [1.54, 1.807) is 25.1 Å². The van der Waals surface area contributed by atoms with Gasteiger partial charge in [0.15, 0.2) is 5.82 Å². The Morgan fingerprint density at radius 2 is 1.85 bits per heavy atom. The number of benzene rings is 2. The van der Waals surface area contributed by atoms with E-state index in [0.29, 0.717) is 10.0 Å². The summed E-state index contributed by atoms with van der Waals surface area (Å²) in [6.45, 7) is 1.69. The Hall–Kier alpha value is -1.94. The SMILES string of the molecule is CC(=Cc1ccccc1)C(=O)Nc1cccc(Br)c1F. The summed E-state index contributed by atoms with van der Waals surface area (Å²) in [5.41, 5.74) is 1.59. The maximum atomic E-state index is 13.8. The summed E-state index contributed by atoms with van der Waals surface area (Å²) in [7, 11) is 0. The van der Waals surface area contributed by atoms with E-state index in [0.717, 1.165) is 5.56 Å². The topological polar surface area (TPSA) is 29.1 Å². The molecule has 0 aliphatic rings. The molecule has 1 N–H and O–H groups in total. The molecule has 0 radical (unpaired) electrons. The van der Waals surface area contributed by atoms with Crippen molar-refractivity contribution in [3.8, 4) is 0 Å². The van der Waals surface area contributed by atoms with E-state index in [1.807, 2.05) is 30.3 Å². The number of halogens is 2. The van der Waals surface area contributed by atoms with Crippen molar-refractivity contribution in [1.82, 2.24) is 0 Å². The number of nitrogens with one attached hydrogen (secondary N) is 1. The predicted octanol–water partition coefficient (Wildman–Crippen LogP) is 4.63. The summed E-state index contributed by atoms with van der Waals surface area (Å²) < 4.78 is 14.1. The van der Waals surface area contributed by atoms with Crippen LogP contribution in [-0.2, 0) is 4.79 Å². The molecule has 0 aliphatic heterocycles. The molecule has 0 fully saturated rings. The first kappa shape index (κ1) is 14.5. The van der Waals surface area contributed by atoms with Gasteiger partial charge in [-0.3, -0.25) is 4.79 Å². The minimum Gasteiger partial charge on any atom is -0.320 e. The molecule has 0 aromatic heterocycles. The van der Waals surface area contributed by atoms with Crippen LogP contribution in [0.3, 0.4) is 0 Å². The zero-order valence-corrected chi connectivity index (χ0v) is 12.4. The molecular weight excluding hydrogens is 321 g/mol. The van der Waals surface area contributed by atoms with Crippen LogP contribution >= 0.6 is 15.9 Å². The molecule has 0 bridgehead atoms. The van der Waals surface area contributed by atoms with Crippen molar-refractivity contribution in [2.75, 3.05) is 5.32 Å². The fourth-order valence-corrected chi connectivity index (χ4v) is 2.05. The third-order valence-electron chi connectivity index (χ3n) is 2.74. The fraction of sp³-hybridized carbons (Fsp3) is 0.0625.